The van der Waals surface area contributed by atoms with Crippen LogP contribution in [0.5, 0.6) is 5.75 Å². The summed E-state index contributed by atoms with van der Waals surface area (Å²) in [6.45, 7) is -0.0420. The van der Waals surface area contributed by atoms with Crippen LogP contribution in [0.15, 0.2) is 65.3 Å². The van der Waals surface area contributed by atoms with Gasteiger partial charge >= 0.3 is 0 Å². The molecule has 4 nitrogen and oxygen atoms in total. The van der Waals surface area contributed by atoms with Crippen molar-refractivity contribution in [3.05, 3.63) is 89.2 Å². The molecular formula is C24H19F2NO3. The summed E-state index contributed by atoms with van der Waals surface area (Å²) in [6.07, 6.45) is 2.60. The maximum Gasteiger partial charge on any atom is 0.141 e. The van der Waals surface area contributed by atoms with Gasteiger partial charge in [0.1, 0.15) is 35.9 Å². The van der Waals surface area contributed by atoms with Gasteiger partial charge in [0.2, 0.25) is 0 Å². The number of para-hydroxylation sites is 1. The normalized spacial score (nSPS) is 11.0. The molecule has 0 aliphatic rings. The molecule has 0 radical (unpaired) electrons. The Morgan fingerprint density at radius 1 is 1.03 bits per heavy atom. The van der Waals surface area contributed by atoms with Gasteiger partial charge in [-0.15, -0.1) is 0 Å². The van der Waals surface area contributed by atoms with Crippen molar-refractivity contribution in [1.29, 1.82) is 0 Å². The number of carbonyl (C=O) groups excluding carboxylic acids is 1. The number of carbonyl (C=O) groups is 1. The molecule has 0 amide bonds. The smallest absolute Gasteiger partial charge is 0.141 e. The van der Waals surface area contributed by atoms with Crippen LogP contribution < -0.4 is 10.5 Å². The molecule has 0 atom stereocenters. The number of benzene rings is 3. The first kappa shape index (κ1) is 19.8. The van der Waals surface area contributed by atoms with Crippen molar-refractivity contribution in [2.45, 2.75) is 19.6 Å². The fourth-order valence-corrected chi connectivity index (χ4v) is 3.48. The number of hydrogen-bond acceptors (Lipinski definition) is 4. The van der Waals surface area contributed by atoms with Gasteiger partial charge in [0, 0.05) is 40.6 Å². The van der Waals surface area contributed by atoms with Crippen LogP contribution in [0.2, 0.25) is 0 Å². The van der Waals surface area contributed by atoms with E-state index in [9.17, 15) is 13.6 Å². The SMILES string of the molecule is NCc1c(F)ccc(-c2cc(COc3ccccc3CC=O)cc3ccoc23)c1F. The van der Waals surface area contributed by atoms with Gasteiger partial charge in [-0.3, -0.25) is 0 Å². The zero-order chi connectivity index (χ0) is 21.1. The minimum atomic E-state index is -0.704. The van der Waals surface area contributed by atoms with E-state index in [4.69, 9.17) is 14.9 Å². The molecule has 6 heteroatoms. The summed E-state index contributed by atoms with van der Waals surface area (Å²) in [5.41, 5.74) is 8.11. The molecule has 0 spiro atoms. The Hall–Kier alpha value is -3.51. The fraction of sp³-hybridized carbons (Fsp3) is 0.125. The molecule has 2 N–H and O–H groups in total. The highest BCUT2D eigenvalue weighted by atomic mass is 19.1. The highest BCUT2D eigenvalue weighted by Gasteiger charge is 2.18. The van der Waals surface area contributed by atoms with Gasteiger partial charge in [0.05, 0.1) is 6.26 Å². The molecule has 3 aromatic carbocycles. The van der Waals surface area contributed by atoms with Gasteiger partial charge in [0.15, 0.2) is 0 Å². The lowest BCUT2D eigenvalue weighted by Crippen LogP contribution is -2.05. The van der Waals surface area contributed by atoms with Crippen molar-refractivity contribution in [2.75, 3.05) is 0 Å². The van der Waals surface area contributed by atoms with E-state index in [2.05, 4.69) is 0 Å². The molecule has 1 heterocycles. The molecule has 1 aromatic heterocycles. The van der Waals surface area contributed by atoms with Crippen LogP contribution in [-0.4, -0.2) is 6.29 Å². The molecular weight excluding hydrogens is 388 g/mol. The maximum atomic E-state index is 14.9. The monoisotopic (exact) mass is 407 g/mol. The molecule has 0 bridgehead atoms. The summed E-state index contributed by atoms with van der Waals surface area (Å²) >= 11 is 0. The van der Waals surface area contributed by atoms with Crippen molar-refractivity contribution in [1.82, 2.24) is 0 Å². The van der Waals surface area contributed by atoms with E-state index >= 15 is 0 Å². The van der Waals surface area contributed by atoms with E-state index in [1.807, 2.05) is 24.3 Å². The van der Waals surface area contributed by atoms with Gasteiger partial charge in [-0.25, -0.2) is 8.78 Å². The highest BCUT2D eigenvalue weighted by molar-refractivity contribution is 5.93. The predicted octanol–water partition coefficient (Wildman–Crippen LogP) is 5.16. The predicted molar refractivity (Wildman–Crippen MR) is 110 cm³/mol. The molecule has 0 fully saturated rings. The van der Waals surface area contributed by atoms with Gasteiger partial charge in [-0.05, 0) is 42.0 Å². The molecule has 0 unspecified atom stereocenters. The average Bonchev–Trinajstić information content (AvgIpc) is 3.22. The molecule has 30 heavy (non-hydrogen) atoms. The second-order valence-corrected chi connectivity index (χ2v) is 6.84. The van der Waals surface area contributed by atoms with Crippen LogP contribution in [0, 0.1) is 11.6 Å². The van der Waals surface area contributed by atoms with Crippen LogP contribution in [-0.2, 0) is 24.4 Å². The molecule has 0 aliphatic heterocycles. The number of aldehydes is 1. The van der Waals surface area contributed by atoms with Crippen molar-refractivity contribution in [2.24, 2.45) is 5.73 Å². The topological polar surface area (TPSA) is 65.5 Å². The number of halogens is 2. The van der Waals surface area contributed by atoms with Crippen LogP contribution in [0.1, 0.15) is 16.7 Å². The van der Waals surface area contributed by atoms with E-state index in [1.54, 1.807) is 18.2 Å². The second kappa shape index (κ2) is 8.47. The van der Waals surface area contributed by atoms with Gasteiger partial charge in [-0.2, -0.15) is 0 Å². The first-order valence-corrected chi connectivity index (χ1v) is 9.44. The minimum absolute atomic E-state index is 0.170. The Bertz CT molecular complexity index is 1220. The Balaban J connectivity index is 1.74. The third kappa shape index (κ3) is 3.69. The number of furan rings is 1. The van der Waals surface area contributed by atoms with Crippen LogP contribution in [0.25, 0.3) is 22.1 Å². The molecule has 0 aliphatic carbocycles. The molecule has 0 saturated carbocycles. The van der Waals surface area contributed by atoms with Gasteiger partial charge in [-0.1, -0.05) is 18.2 Å². The Morgan fingerprint density at radius 3 is 2.67 bits per heavy atom. The van der Waals surface area contributed by atoms with E-state index < -0.39 is 11.6 Å². The number of hydrogen-bond donors (Lipinski definition) is 1. The maximum absolute atomic E-state index is 14.9. The standard InChI is InChI=1S/C24H19F2NO3/c25-21-6-5-18(23(26)20(21)13-27)19-12-15(11-17-8-10-29-24(17)19)14-30-22-4-2-1-3-16(22)7-9-28/h1-6,8-12H,7,13-14,27H2. The quantitative estimate of drug-likeness (QED) is 0.430. The summed E-state index contributed by atoms with van der Waals surface area (Å²) < 4.78 is 40.3. The number of ether oxygens (including phenoxy) is 1. The first-order chi connectivity index (χ1) is 14.6. The lowest BCUT2D eigenvalue weighted by molar-refractivity contribution is -0.107. The second-order valence-electron chi connectivity index (χ2n) is 6.84. The fourth-order valence-electron chi connectivity index (χ4n) is 3.48. The largest absolute Gasteiger partial charge is 0.489 e. The van der Waals surface area contributed by atoms with E-state index in [0.29, 0.717) is 16.9 Å². The minimum Gasteiger partial charge on any atom is -0.489 e. The summed E-state index contributed by atoms with van der Waals surface area (Å²) in [6, 6.07) is 15.3. The zero-order valence-corrected chi connectivity index (χ0v) is 16.0. The summed E-state index contributed by atoms with van der Waals surface area (Å²) in [5.74, 6) is -0.776. The summed E-state index contributed by atoms with van der Waals surface area (Å²) in [5, 5.41) is 0.769. The average molecular weight is 407 g/mol. The lowest BCUT2D eigenvalue weighted by atomic mass is 9.98. The molecule has 152 valence electrons. The Kier molecular flexibility index (Phi) is 5.59. The van der Waals surface area contributed by atoms with Crippen LogP contribution >= 0.6 is 0 Å². The van der Waals surface area contributed by atoms with Gasteiger partial charge < -0.3 is 19.7 Å². The third-order valence-corrected chi connectivity index (χ3v) is 4.96. The molecule has 0 saturated heterocycles. The highest BCUT2D eigenvalue weighted by Crippen LogP contribution is 2.34. The van der Waals surface area contributed by atoms with Crippen molar-refractivity contribution in [3.8, 4) is 16.9 Å². The number of nitrogens with two attached hydrogens (primary N) is 1. The summed E-state index contributed by atoms with van der Waals surface area (Å²) in [7, 11) is 0. The number of rotatable bonds is 7. The van der Waals surface area contributed by atoms with Crippen LogP contribution in [0.3, 0.4) is 0 Å². The van der Waals surface area contributed by atoms with Crippen molar-refractivity contribution < 1.29 is 22.7 Å². The zero-order valence-electron chi connectivity index (χ0n) is 16.0. The molecule has 4 aromatic rings. The van der Waals surface area contributed by atoms with E-state index in [1.165, 1.54) is 18.4 Å². The van der Waals surface area contributed by atoms with Crippen molar-refractivity contribution >= 4 is 17.3 Å². The third-order valence-electron chi connectivity index (χ3n) is 4.96. The summed E-state index contributed by atoms with van der Waals surface area (Å²) in [4.78, 5) is 10.9. The Labute approximate surface area is 171 Å². The van der Waals surface area contributed by atoms with E-state index in [-0.39, 0.29) is 30.7 Å². The van der Waals surface area contributed by atoms with Crippen molar-refractivity contribution in [3.63, 3.8) is 0 Å². The number of fused-ring (bicyclic) bond motifs is 1. The first-order valence-electron chi connectivity index (χ1n) is 9.44. The van der Waals surface area contributed by atoms with Gasteiger partial charge in [0.25, 0.3) is 0 Å². The van der Waals surface area contributed by atoms with Crippen LogP contribution in [0.4, 0.5) is 8.78 Å². The molecule has 4 rings (SSSR count). The van der Waals surface area contributed by atoms with E-state index in [0.717, 1.165) is 22.8 Å². The Morgan fingerprint density at radius 2 is 1.87 bits per heavy atom. The lowest BCUT2D eigenvalue weighted by Gasteiger charge is -2.13.